The standard InChI is InChI=1S/C36H42O3/c1-3-5-10-22-38-34-18-14-28(15-19-34)24-32-26-31(30-12-8-7-9-13-30)27-33(36(32)37)25-29-16-20-35(21-17-29)39-23-11-6-4-2/h7-9,12-21,24-25,31H,3-6,10-11,22-23,26-27H2,1-2H3/b32-24-,33-25+. The second kappa shape index (κ2) is 15.1. The predicted octanol–water partition coefficient (Wildman–Crippen LogP) is 9.44. The lowest BCUT2D eigenvalue weighted by Crippen LogP contribution is -2.19. The van der Waals surface area contributed by atoms with Gasteiger partial charge in [0.15, 0.2) is 5.78 Å². The smallest absolute Gasteiger partial charge is 0.185 e. The fourth-order valence-electron chi connectivity index (χ4n) is 5.01. The van der Waals surface area contributed by atoms with Crippen LogP contribution in [0.25, 0.3) is 12.2 Å². The van der Waals surface area contributed by atoms with Gasteiger partial charge in [-0.3, -0.25) is 4.79 Å². The van der Waals surface area contributed by atoms with Gasteiger partial charge in [0.2, 0.25) is 0 Å². The fraction of sp³-hybridized carbons (Fsp3) is 0.361. The summed E-state index contributed by atoms with van der Waals surface area (Å²) in [6, 6.07) is 26.7. The number of ether oxygens (including phenoxy) is 2. The minimum absolute atomic E-state index is 0.141. The van der Waals surface area contributed by atoms with Crippen molar-refractivity contribution < 1.29 is 14.3 Å². The zero-order valence-electron chi connectivity index (χ0n) is 23.5. The SMILES string of the molecule is CCCCCOc1ccc(/C=C2/CC(c3ccccc3)C/C(=C\c3ccc(OCCCCC)cc3)C2=O)cc1. The number of hydrogen-bond donors (Lipinski definition) is 0. The maximum Gasteiger partial charge on any atom is 0.185 e. The Labute approximate surface area is 234 Å². The normalized spacial score (nSPS) is 17.5. The monoisotopic (exact) mass is 522 g/mol. The Morgan fingerprint density at radius 2 is 1.10 bits per heavy atom. The summed E-state index contributed by atoms with van der Waals surface area (Å²) in [6.45, 7) is 5.87. The van der Waals surface area contributed by atoms with Gasteiger partial charge >= 0.3 is 0 Å². The highest BCUT2D eigenvalue weighted by molar-refractivity contribution is 6.14. The zero-order chi connectivity index (χ0) is 27.3. The van der Waals surface area contributed by atoms with Crippen LogP contribution in [0.1, 0.15) is 87.8 Å². The molecular formula is C36H42O3. The number of carbonyl (C=O) groups is 1. The zero-order valence-corrected chi connectivity index (χ0v) is 23.5. The third-order valence-electron chi connectivity index (χ3n) is 7.26. The maximum absolute atomic E-state index is 13.7. The summed E-state index contributed by atoms with van der Waals surface area (Å²) >= 11 is 0. The summed E-state index contributed by atoms with van der Waals surface area (Å²) in [5.41, 5.74) is 5.03. The lowest BCUT2D eigenvalue weighted by molar-refractivity contribution is -0.113. The second-order valence-corrected chi connectivity index (χ2v) is 10.4. The molecular weight excluding hydrogens is 480 g/mol. The quantitative estimate of drug-likeness (QED) is 0.166. The number of allylic oxidation sites excluding steroid dienone is 2. The first-order valence-corrected chi connectivity index (χ1v) is 14.6. The predicted molar refractivity (Wildman–Crippen MR) is 162 cm³/mol. The maximum atomic E-state index is 13.7. The Morgan fingerprint density at radius 1 is 0.641 bits per heavy atom. The van der Waals surface area contributed by atoms with Gasteiger partial charge in [0, 0.05) is 11.1 Å². The summed E-state index contributed by atoms with van der Waals surface area (Å²) in [5, 5.41) is 0. The first-order chi connectivity index (χ1) is 19.2. The molecule has 3 nitrogen and oxygen atoms in total. The van der Waals surface area contributed by atoms with Crippen molar-refractivity contribution in [2.24, 2.45) is 0 Å². The highest BCUT2D eigenvalue weighted by Crippen LogP contribution is 2.38. The van der Waals surface area contributed by atoms with Crippen LogP contribution in [0.2, 0.25) is 0 Å². The molecule has 1 saturated carbocycles. The Hall–Kier alpha value is -3.59. The molecule has 1 unspecified atom stereocenters. The van der Waals surface area contributed by atoms with E-state index in [-0.39, 0.29) is 11.7 Å². The van der Waals surface area contributed by atoms with E-state index < -0.39 is 0 Å². The van der Waals surface area contributed by atoms with Crippen molar-refractivity contribution >= 4 is 17.9 Å². The molecule has 0 aliphatic heterocycles. The van der Waals surface area contributed by atoms with Crippen LogP contribution in [0.5, 0.6) is 11.5 Å². The van der Waals surface area contributed by atoms with E-state index in [1.807, 2.05) is 54.6 Å². The molecule has 0 saturated heterocycles. The van der Waals surface area contributed by atoms with Crippen LogP contribution in [-0.2, 0) is 4.79 Å². The Morgan fingerprint density at radius 3 is 1.54 bits per heavy atom. The number of benzene rings is 3. The Bertz CT molecular complexity index is 1140. The topological polar surface area (TPSA) is 35.5 Å². The van der Waals surface area contributed by atoms with E-state index >= 15 is 0 Å². The van der Waals surface area contributed by atoms with E-state index in [1.54, 1.807) is 0 Å². The van der Waals surface area contributed by atoms with Crippen LogP contribution < -0.4 is 9.47 Å². The van der Waals surface area contributed by atoms with Crippen molar-refractivity contribution in [2.75, 3.05) is 13.2 Å². The van der Waals surface area contributed by atoms with Crippen molar-refractivity contribution in [1.29, 1.82) is 0 Å². The molecule has 4 rings (SSSR count). The number of ketones is 1. The average molecular weight is 523 g/mol. The molecule has 0 bridgehead atoms. The van der Waals surface area contributed by atoms with Crippen molar-refractivity contribution in [1.82, 2.24) is 0 Å². The highest BCUT2D eigenvalue weighted by Gasteiger charge is 2.28. The molecule has 0 heterocycles. The van der Waals surface area contributed by atoms with Crippen molar-refractivity contribution in [3.05, 3.63) is 107 Å². The van der Waals surface area contributed by atoms with Gasteiger partial charge < -0.3 is 9.47 Å². The minimum Gasteiger partial charge on any atom is -0.494 e. The van der Waals surface area contributed by atoms with Crippen molar-refractivity contribution in [2.45, 2.75) is 71.1 Å². The van der Waals surface area contributed by atoms with E-state index in [9.17, 15) is 4.79 Å². The molecule has 3 aromatic carbocycles. The van der Waals surface area contributed by atoms with E-state index in [1.165, 1.54) is 31.2 Å². The average Bonchev–Trinajstić information content (AvgIpc) is 2.97. The van der Waals surface area contributed by atoms with Crippen LogP contribution in [0.4, 0.5) is 0 Å². The van der Waals surface area contributed by atoms with Gasteiger partial charge in [-0.05, 0) is 84.7 Å². The Balaban J connectivity index is 1.52. The fourth-order valence-corrected chi connectivity index (χ4v) is 5.01. The van der Waals surface area contributed by atoms with Crippen molar-refractivity contribution in [3.63, 3.8) is 0 Å². The van der Waals surface area contributed by atoms with Crippen LogP contribution in [0.3, 0.4) is 0 Å². The van der Waals surface area contributed by atoms with Crippen molar-refractivity contribution in [3.8, 4) is 11.5 Å². The molecule has 1 aliphatic rings. The molecule has 39 heavy (non-hydrogen) atoms. The number of carbonyl (C=O) groups excluding carboxylic acids is 1. The van der Waals surface area contributed by atoms with Gasteiger partial charge in [-0.15, -0.1) is 0 Å². The largest absolute Gasteiger partial charge is 0.494 e. The molecule has 0 amide bonds. The molecule has 3 aromatic rings. The number of Topliss-reactive ketones (excluding diaryl/α,β-unsaturated/α-hetero) is 1. The second-order valence-electron chi connectivity index (χ2n) is 10.4. The molecule has 0 N–H and O–H groups in total. The number of rotatable bonds is 13. The molecule has 0 spiro atoms. The summed E-state index contributed by atoms with van der Waals surface area (Å²) < 4.78 is 11.7. The molecule has 0 radical (unpaired) electrons. The lowest BCUT2D eigenvalue weighted by atomic mass is 9.77. The van der Waals surface area contributed by atoms with Crippen LogP contribution >= 0.6 is 0 Å². The van der Waals surface area contributed by atoms with Gasteiger partial charge in [-0.25, -0.2) is 0 Å². The summed E-state index contributed by atoms with van der Waals surface area (Å²) in [5.74, 6) is 2.17. The molecule has 0 aromatic heterocycles. The Kier molecular flexibility index (Phi) is 11.0. The van der Waals surface area contributed by atoms with E-state index in [4.69, 9.17) is 9.47 Å². The third-order valence-corrected chi connectivity index (χ3v) is 7.26. The van der Waals surface area contributed by atoms with Gasteiger partial charge in [-0.1, -0.05) is 94.1 Å². The molecule has 1 fully saturated rings. The lowest BCUT2D eigenvalue weighted by Gasteiger charge is -2.26. The van der Waals surface area contributed by atoms with Crippen LogP contribution in [-0.4, -0.2) is 19.0 Å². The van der Waals surface area contributed by atoms with Gasteiger partial charge in [0.05, 0.1) is 13.2 Å². The minimum atomic E-state index is 0.141. The molecule has 204 valence electrons. The molecule has 1 atom stereocenters. The van der Waals surface area contributed by atoms with E-state index in [2.05, 4.69) is 50.3 Å². The third kappa shape index (κ3) is 8.71. The summed E-state index contributed by atoms with van der Waals surface area (Å²) in [7, 11) is 0. The van der Waals surface area contributed by atoms with Gasteiger partial charge in [-0.2, -0.15) is 0 Å². The van der Waals surface area contributed by atoms with Crippen LogP contribution in [0.15, 0.2) is 90.0 Å². The molecule has 1 aliphatic carbocycles. The first kappa shape index (κ1) is 28.4. The summed E-state index contributed by atoms with van der Waals surface area (Å²) in [4.78, 5) is 13.7. The van der Waals surface area contributed by atoms with Gasteiger partial charge in [0.1, 0.15) is 11.5 Å². The first-order valence-electron chi connectivity index (χ1n) is 14.6. The number of hydrogen-bond acceptors (Lipinski definition) is 3. The molecule has 3 heteroatoms. The number of unbranched alkanes of at least 4 members (excludes halogenated alkanes) is 4. The van der Waals surface area contributed by atoms with Gasteiger partial charge in [0.25, 0.3) is 0 Å². The van der Waals surface area contributed by atoms with Crippen LogP contribution in [0, 0.1) is 0 Å². The van der Waals surface area contributed by atoms with E-state index in [0.717, 1.165) is 72.7 Å². The highest BCUT2D eigenvalue weighted by atomic mass is 16.5. The summed E-state index contributed by atoms with van der Waals surface area (Å²) in [6.07, 6.45) is 12.5. The van der Waals surface area contributed by atoms with E-state index in [0.29, 0.717) is 0 Å².